The Labute approximate surface area is 163 Å². The van der Waals surface area contributed by atoms with Gasteiger partial charge in [-0.2, -0.15) is 0 Å². The third kappa shape index (κ3) is 3.38. The highest BCUT2D eigenvalue weighted by molar-refractivity contribution is 7.91. The highest BCUT2D eigenvalue weighted by Crippen LogP contribution is 2.34. The molecule has 0 radical (unpaired) electrons. The third-order valence-corrected chi connectivity index (χ3v) is 6.68. The predicted octanol–water partition coefficient (Wildman–Crippen LogP) is 1.97. The quantitative estimate of drug-likeness (QED) is 0.678. The van der Waals surface area contributed by atoms with E-state index in [-0.39, 0.29) is 56.6 Å². The molecule has 27 heavy (non-hydrogen) atoms. The van der Waals surface area contributed by atoms with Gasteiger partial charge >= 0.3 is 0 Å². The van der Waals surface area contributed by atoms with Crippen LogP contribution >= 0.6 is 12.4 Å². The van der Waals surface area contributed by atoms with Gasteiger partial charge in [0, 0.05) is 29.3 Å². The predicted molar refractivity (Wildman–Crippen MR) is 102 cm³/mol. The van der Waals surface area contributed by atoms with E-state index in [1.165, 1.54) is 30.3 Å². The van der Waals surface area contributed by atoms with Crippen molar-refractivity contribution >= 4 is 33.9 Å². The van der Waals surface area contributed by atoms with Crippen molar-refractivity contribution in [2.45, 2.75) is 28.7 Å². The summed E-state index contributed by atoms with van der Waals surface area (Å²) in [5.74, 6) is -0.670. The summed E-state index contributed by atoms with van der Waals surface area (Å²) < 4.78 is 25.8. The Hall–Kier alpha value is -2.22. The van der Waals surface area contributed by atoms with E-state index in [2.05, 4.69) is 10.6 Å². The zero-order chi connectivity index (χ0) is 18.3. The summed E-state index contributed by atoms with van der Waals surface area (Å²) in [6.07, 6.45) is 1.86. The van der Waals surface area contributed by atoms with Crippen molar-refractivity contribution in [2.24, 2.45) is 0 Å². The molecule has 0 aliphatic carbocycles. The van der Waals surface area contributed by atoms with Crippen LogP contribution in [0.2, 0.25) is 0 Å². The molecule has 4 rings (SSSR count). The molecule has 1 amide bonds. The maximum atomic E-state index is 12.9. The zero-order valence-electron chi connectivity index (χ0n) is 14.4. The maximum absolute atomic E-state index is 12.9. The van der Waals surface area contributed by atoms with Crippen LogP contribution in [-0.2, 0) is 9.84 Å². The Morgan fingerprint density at radius 3 is 2.56 bits per heavy atom. The third-order valence-electron chi connectivity index (χ3n) is 4.83. The number of halogens is 1. The lowest BCUT2D eigenvalue weighted by molar-refractivity contribution is 0.0929. The standard InChI is InChI=1S/C19H18N2O4S.ClH/c22-18-14-5-1-2-6-16(14)26(24,25)17-10-12(7-8-15(17)18)19(23)21-13-4-3-9-20-11-13;/h1-2,5-8,10,13,20H,3-4,9,11H2,(H,21,23);1H/t13-;/m0./s1. The summed E-state index contributed by atoms with van der Waals surface area (Å²) in [5.41, 5.74) is 0.523. The highest BCUT2D eigenvalue weighted by atomic mass is 35.5. The summed E-state index contributed by atoms with van der Waals surface area (Å²) in [6.45, 7) is 1.63. The van der Waals surface area contributed by atoms with E-state index in [1.807, 2.05) is 0 Å². The van der Waals surface area contributed by atoms with E-state index in [0.29, 0.717) is 6.54 Å². The average molecular weight is 407 g/mol. The van der Waals surface area contributed by atoms with Gasteiger partial charge in [-0.1, -0.05) is 12.1 Å². The van der Waals surface area contributed by atoms with Crippen molar-refractivity contribution in [1.82, 2.24) is 10.6 Å². The van der Waals surface area contributed by atoms with Crippen molar-refractivity contribution in [3.05, 3.63) is 59.2 Å². The Morgan fingerprint density at radius 1 is 1.07 bits per heavy atom. The van der Waals surface area contributed by atoms with E-state index >= 15 is 0 Å². The number of carbonyl (C=O) groups is 2. The van der Waals surface area contributed by atoms with Crippen LogP contribution in [0.1, 0.15) is 39.1 Å². The van der Waals surface area contributed by atoms with Gasteiger partial charge in [0.15, 0.2) is 5.78 Å². The fraction of sp³-hybridized carbons (Fsp3) is 0.263. The second-order valence-electron chi connectivity index (χ2n) is 6.56. The molecule has 1 saturated heterocycles. The molecule has 2 heterocycles. The molecular formula is C19H19ClN2O4S. The zero-order valence-corrected chi connectivity index (χ0v) is 16.0. The van der Waals surface area contributed by atoms with Gasteiger partial charge in [0.1, 0.15) is 0 Å². The second-order valence-corrected chi connectivity index (χ2v) is 8.44. The molecule has 2 aromatic rings. The maximum Gasteiger partial charge on any atom is 0.251 e. The Balaban J connectivity index is 0.00000210. The number of sulfone groups is 1. The van der Waals surface area contributed by atoms with Crippen molar-refractivity contribution in [1.29, 1.82) is 0 Å². The molecule has 0 spiro atoms. The first-order valence-electron chi connectivity index (χ1n) is 8.53. The number of carbonyl (C=O) groups excluding carboxylic acids is 2. The van der Waals surface area contributed by atoms with Gasteiger partial charge in [0.25, 0.3) is 5.91 Å². The lowest BCUT2D eigenvalue weighted by Crippen LogP contribution is -2.45. The molecule has 2 N–H and O–H groups in total. The number of fused-ring (bicyclic) bond motifs is 2. The van der Waals surface area contributed by atoms with Crippen LogP contribution in [0, 0.1) is 0 Å². The summed E-state index contributed by atoms with van der Waals surface area (Å²) in [7, 11) is -3.84. The highest BCUT2D eigenvalue weighted by Gasteiger charge is 2.35. The molecule has 1 fully saturated rings. The van der Waals surface area contributed by atoms with Crippen LogP contribution in [0.15, 0.2) is 52.3 Å². The largest absolute Gasteiger partial charge is 0.348 e. The Kier molecular flexibility index (Phi) is 5.37. The summed E-state index contributed by atoms with van der Waals surface area (Å²) >= 11 is 0. The molecule has 0 aromatic heterocycles. The number of hydrogen-bond donors (Lipinski definition) is 2. The number of ketones is 1. The van der Waals surface area contributed by atoms with Crippen LogP contribution < -0.4 is 10.6 Å². The van der Waals surface area contributed by atoms with Gasteiger partial charge in [-0.05, 0) is 49.7 Å². The first kappa shape index (κ1) is 19.5. The van der Waals surface area contributed by atoms with Crippen molar-refractivity contribution in [3.8, 4) is 0 Å². The van der Waals surface area contributed by atoms with Crippen LogP contribution in [0.3, 0.4) is 0 Å². The lowest BCUT2D eigenvalue weighted by atomic mass is 10.0. The Bertz CT molecular complexity index is 1010. The molecule has 6 nitrogen and oxygen atoms in total. The number of benzene rings is 2. The van der Waals surface area contributed by atoms with Crippen molar-refractivity contribution < 1.29 is 18.0 Å². The number of nitrogens with one attached hydrogen (secondary N) is 2. The minimum Gasteiger partial charge on any atom is -0.348 e. The fourth-order valence-electron chi connectivity index (χ4n) is 3.47. The number of piperidine rings is 1. The summed E-state index contributed by atoms with van der Waals surface area (Å²) in [5, 5.41) is 6.13. The molecule has 2 aromatic carbocycles. The summed E-state index contributed by atoms with van der Waals surface area (Å²) in [4.78, 5) is 25.0. The smallest absolute Gasteiger partial charge is 0.251 e. The van der Waals surface area contributed by atoms with Gasteiger partial charge in [-0.25, -0.2) is 8.42 Å². The molecule has 8 heteroatoms. The monoisotopic (exact) mass is 406 g/mol. The minimum absolute atomic E-state index is 0. The van der Waals surface area contributed by atoms with E-state index in [0.717, 1.165) is 19.4 Å². The fourth-order valence-corrected chi connectivity index (χ4v) is 5.15. The van der Waals surface area contributed by atoms with Gasteiger partial charge < -0.3 is 10.6 Å². The lowest BCUT2D eigenvalue weighted by Gasteiger charge is -2.24. The first-order chi connectivity index (χ1) is 12.5. The van der Waals surface area contributed by atoms with E-state index in [9.17, 15) is 18.0 Å². The molecular weight excluding hydrogens is 388 g/mol. The van der Waals surface area contributed by atoms with E-state index < -0.39 is 9.84 Å². The van der Waals surface area contributed by atoms with Gasteiger partial charge in [-0.15, -0.1) is 12.4 Å². The first-order valence-corrected chi connectivity index (χ1v) is 10.0. The molecule has 0 unspecified atom stereocenters. The summed E-state index contributed by atoms with van der Waals surface area (Å²) in [6, 6.07) is 10.4. The molecule has 0 saturated carbocycles. The number of amides is 1. The Morgan fingerprint density at radius 2 is 1.81 bits per heavy atom. The van der Waals surface area contributed by atoms with Crippen LogP contribution in [0.4, 0.5) is 0 Å². The topological polar surface area (TPSA) is 92.3 Å². The van der Waals surface area contributed by atoms with Gasteiger partial charge in [-0.3, -0.25) is 9.59 Å². The van der Waals surface area contributed by atoms with Gasteiger partial charge in [0.2, 0.25) is 9.84 Å². The second kappa shape index (κ2) is 7.42. The number of hydrogen-bond acceptors (Lipinski definition) is 5. The minimum atomic E-state index is -3.84. The van der Waals surface area contributed by atoms with Crippen LogP contribution in [0.5, 0.6) is 0 Å². The SMILES string of the molecule is Cl.O=C(N[C@H]1CCCNC1)c1ccc2c(c1)S(=O)(=O)c1ccccc1C2=O. The van der Waals surface area contributed by atoms with Crippen LogP contribution in [0.25, 0.3) is 0 Å². The molecule has 1 atom stereocenters. The van der Waals surface area contributed by atoms with E-state index in [4.69, 9.17) is 0 Å². The molecule has 2 aliphatic heterocycles. The molecule has 142 valence electrons. The van der Waals surface area contributed by atoms with Crippen molar-refractivity contribution in [2.75, 3.05) is 13.1 Å². The van der Waals surface area contributed by atoms with Crippen molar-refractivity contribution in [3.63, 3.8) is 0 Å². The van der Waals surface area contributed by atoms with E-state index in [1.54, 1.807) is 12.1 Å². The molecule has 2 aliphatic rings. The van der Waals surface area contributed by atoms with Crippen LogP contribution in [-0.4, -0.2) is 39.2 Å². The normalized spacial score (nSPS) is 20.0. The van der Waals surface area contributed by atoms with Gasteiger partial charge in [0.05, 0.1) is 9.79 Å². The average Bonchev–Trinajstić information content (AvgIpc) is 2.67. The number of rotatable bonds is 2. The molecule has 0 bridgehead atoms.